The zero-order valence-electron chi connectivity index (χ0n) is 12.2. The van der Waals surface area contributed by atoms with Gasteiger partial charge in [-0.3, -0.25) is 4.98 Å². The number of hydrogen-bond donors (Lipinski definition) is 1. The summed E-state index contributed by atoms with van der Waals surface area (Å²) in [6.07, 6.45) is 1.29. The summed E-state index contributed by atoms with van der Waals surface area (Å²) in [5.74, 6) is 1.45. The highest BCUT2D eigenvalue weighted by Gasteiger charge is 2.38. The first-order valence-electron chi connectivity index (χ1n) is 7.35. The molecule has 1 aromatic heterocycles. The highest BCUT2D eigenvalue weighted by Crippen LogP contribution is 2.49. The predicted octanol–water partition coefficient (Wildman–Crippen LogP) is 2.88. The zero-order chi connectivity index (χ0) is 13.9. The molecular weight excluding hydrogens is 248 g/mol. The van der Waals surface area contributed by atoms with E-state index in [-0.39, 0.29) is 0 Å². The van der Waals surface area contributed by atoms with Gasteiger partial charge in [0.15, 0.2) is 0 Å². The number of aromatic nitrogens is 1. The monoisotopic (exact) mass is 270 g/mol. The first kappa shape index (κ1) is 13.5. The van der Waals surface area contributed by atoms with Crippen LogP contribution >= 0.6 is 0 Å². The summed E-state index contributed by atoms with van der Waals surface area (Å²) in [5, 5.41) is 4.79. The largest absolute Gasteiger partial charge is 0.383 e. The second-order valence-electron chi connectivity index (χ2n) is 5.67. The van der Waals surface area contributed by atoms with Crippen LogP contribution in [0.3, 0.4) is 0 Å². The first-order chi connectivity index (χ1) is 9.79. The Morgan fingerprint density at radius 3 is 3.05 bits per heavy atom. The van der Waals surface area contributed by atoms with E-state index in [0.29, 0.717) is 5.92 Å². The fourth-order valence-electron chi connectivity index (χ4n) is 2.96. The smallest absolute Gasteiger partial charge is 0.0708 e. The number of aryl methyl sites for hydroxylation is 1. The predicted molar refractivity (Wildman–Crippen MR) is 82.1 cm³/mol. The lowest BCUT2D eigenvalue weighted by Gasteiger charge is -2.08. The van der Waals surface area contributed by atoms with Gasteiger partial charge >= 0.3 is 0 Å². The van der Waals surface area contributed by atoms with Crippen molar-refractivity contribution in [2.45, 2.75) is 19.3 Å². The second-order valence-corrected chi connectivity index (χ2v) is 5.67. The Labute approximate surface area is 120 Å². The van der Waals surface area contributed by atoms with Gasteiger partial charge in [-0.1, -0.05) is 18.2 Å². The number of ether oxygens (including phenoxy) is 1. The van der Waals surface area contributed by atoms with Gasteiger partial charge < -0.3 is 10.1 Å². The van der Waals surface area contributed by atoms with Crippen LogP contribution < -0.4 is 5.32 Å². The average molecular weight is 270 g/mol. The van der Waals surface area contributed by atoms with Crippen molar-refractivity contribution in [3.63, 3.8) is 0 Å². The molecule has 2 aromatic rings. The molecule has 0 radical (unpaired) electrons. The number of nitrogens with zero attached hydrogens (tertiary/aromatic N) is 1. The molecule has 106 valence electrons. The van der Waals surface area contributed by atoms with Crippen molar-refractivity contribution in [3.05, 3.63) is 41.6 Å². The molecule has 1 fully saturated rings. The fourth-order valence-corrected chi connectivity index (χ4v) is 2.96. The summed E-state index contributed by atoms with van der Waals surface area (Å²) in [4.78, 5) is 4.63. The number of rotatable bonds is 6. The van der Waals surface area contributed by atoms with E-state index in [9.17, 15) is 0 Å². The highest BCUT2D eigenvalue weighted by atomic mass is 16.5. The molecule has 1 aromatic carbocycles. The van der Waals surface area contributed by atoms with Crippen molar-refractivity contribution in [2.75, 3.05) is 26.8 Å². The van der Waals surface area contributed by atoms with E-state index in [1.165, 1.54) is 17.4 Å². The molecule has 1 N–H and O–H groups in total. The molecule has 3 rings (SSSR count). The summed E-state index contributed by atoms with van der Waals surface area (Å²) in [6.45, 7) is 4.90. The van der Waals surface area contributed by atoms with Gasteiger partial charge in [0.05, 0.1) is 12.1 Å². The van der Waals surface area contributed by atoms with Crippen molar-refractivity contribution in [3.8, 4) is 0 Å². The lowest BCUT2D eigenvalue weighted by atomic mass is 10.0. The Morgan fingerprint density at radius 1 is 1.35 bits per heavy atom. The van der Waals surface area contributed by atoms with Gasteiger partial charge in [0.2, 0.25) is 0 Å². The summed E-state index contributed by atoms with van der Waals surface area (Å²) in [6, 6.07) is 10.7. The quantitative estimate of drug-likeness (QED) is 0.820. The number of benzene rings is 1. The van der Waals surface area contributed by atoms with Crippen LogP contribution in [0.2, 0.25) is 0 Å². The zero-order valence-corrected chi connectivity index (χ0v) is 12.2. The molecular formula is C17H22N2O. The van der Waals surface area contributed by atoms with Crippen molar-refractivity contribution in [1.29, 1.82) is 0 Å². The molecule has 3 nitrogen and oxygen atoms in total. The van der Waals surface area contributed by atoms with Crippen LogP contribution in [0.4, 0.5) is 0 Å². The molecule has 2 unspecified atom stereocenters. The second kappa shape index (κ2) is 5.90. The molecule has 20 heavy (non-hydrogen) atoms. The van der Waals surface area contributed by atoms with Crippen LogP contribution in [0, 0.1) is 12.8 Å². The normalized spacial score (nSPS) is 21.3. The number of hydrogen-bond acceptors (Lipinski definition) is 3. The lowest BCUT2D eigenvalue weighted by Crippen LogP contribution is -2.21. The highest BCUT2D eigenvalue weighted by molar-refractivity contribution is 5.83. The minimum atomic E-state index is 0.691. The number of methoxy groups -OCH3 is 1. The molecule has 0 aliphatic heterocycles. The Morgan fingerprint density at radius 2 is 2.20 bits per heavy atom. The maximum Gasteiger partial charge on any atom is 0.0708 e. The number of nitrogens with one attached hydrogen (secondary N) is 1. The lowest BCUT2D eigenvalue weighted by molar-refractivity contribution is 0.199. The molecule has 1 heterocycles. The summed E-state index contributed by atoms with van der Waals surface area (Å²) < 4.78 is 5.06. The van der Waals surface area contributed by atoms with Gasteiger partial charge in [-0.15, -0.1) is 0 Å². The van der Waals surface area contributed by atoms with Gasteiger partial charge in [-0.05, 0) is 49.4 Å². The van der Waals surface area contributed by atoms with Crippen LogP contribution in [0.25, 0.3) is 10.9 Å². The Hall–Kier alpha value is -1.45. The molecule has 1 saturated carbocycles. The van der Waals surface area contributed by atoms with Crippen LogP contribution in [0.1, 0.15) is 23.6 Å². The summed E-state index contributed by atoms with van der Waals surface area (Å²) in [5.41, 5.74) is 3.73. The number of para-hydroxylation sites is 1. The van der Waals surface area contributed by atoms with E-state index < -0.39 is 0 Å². The number of pyridine rings is 1. The van der Waals surface area contributed by atoms with Gasteiger partial charge in [0, 0.05) is 24.7 Å². The van der Waals surface area contributed by atoms with E-state index in [1.54, 1.807) is 7.11 Å². The third-order valence-corrected chi connectivity index (χ3v) is 4.09. The van der Waals surface area contributed by atoms with E-state index in [2.05, 4.69) is 47.6 Å². The standard InChI is InChI=1S/C17H22N2O/c1-12-9-16(14-5-3-4-6-17(14)19-12)15-10-13(15)11-18-7-8-20-2/h3-6,9,13,15,18H,7-8,10-11H2,1-2H3. The molecule has 3 heteroatoms. The van der Waals surface area contributed by atoms with E-state index >= 15 is 0 Å². The average Bonchev–Trinajstić information content (AvgIpc) is 3.22. The Balaban J connectivity index is 1.72. The first-order valence-corrected chi connectivity index (χ1v) is 7.35. The molecule has 0 bridgehead atoms. The van der Waals surface area contributed by atoms with Crippen molar-refractivity contribution in [1.82, 2.24) is 10.3 Å². The molecule has 0 spiro atoms. The Bertz CT molecular complexity index is 597. The van der Waals surface area contributed by atoms with E-state index in [0.717, 1.165) is 36.8 Å². The van der Waals surface area contributed by atoms with Crippen molar-refractivity contribution in [2.24, 2.45) is 5.92 Å². The third-order valence-electron chi connectivity index (χ3n) is 4.09. The van der Waals surface area contributed by atoms with Gasteiger partial charge in [-0.25, -0.2) is 0 Å². The third kappa shape index (κ3) is 2.84. The number of fused-ring (bicyclic) bond motifs is 1. The summed E-state index contributed by atoms with van der Waals surface area (Å²) in [7, 11) is 1.74. The van der Waals surface area contributed by atoms with Crippen LogP contribution in [-0.4, -0.2) is 31.8 Å². The van der Waals surface area contributed by atoms with E-state index in [1.807, 2.05) is 0 Å². The minimum absolute atomic E-state index is 0.691. The molecule has 0 saturated heterocycles. The SMILES string of the molecule is COCCNCC1CC1c1cc(C)nc2ccccc12. The van der Waals surface area contributed by atoms with Crippen LogP contribution in [0.5, 0.6) is 0 Å². The minimum Gasteiger partial charge on any atom is -0.383 e. The van der Waals surface area contributed by atoms with Gasteiger partial charge in [0.1, 0.15) is 0 Å². The topological polar surface area (TPSA) is 34.1 Å². The molecule has 2 atom stereocenters. The van der Waals surface area contributed by atoms with Gasteiger partial charge in [-0.2, -0.15) is 0 Å². The van der Waals surface area contributed by atoms with Crippen LogP contribution in [-0.2, 0) is 4.74 Å². The maximum absolute atomic E-state index is 5.06. The Kier molecular flexibility index (Phi) is 3.99. The van der Waals surface area contributed by atoms with Crippen molar-refractivity contribution >= 4 is 10.9 Å². The van der Waals surface area contributed by atoms with Crippen LogP contribution in [0.15, 0.2) is 30.3 Å². The molecule has 1 aliphatic rings. The van der Waals surface area contributed by atoms with Gasteiger partial charge in [0.25, 0.3) is 0 Å². The molecule has 0 amide bonds. The van der Waals surface area contributed by atoms with Crippen molar-refractivity contribution < 1.29 is 4.74 Å². The maximum atomic E-state index is 5.06. The fraction of sp³-hybridized carbons (Fsp3) is 0.471. The molecule has 1 aliphatic carbocycles. The summed E-state index contributed by atoms with van der Waals surface area (Å²) >= 11 is 0. The van der Waals surface area contributed by atoms with E-state index in [4.69, 9.17) is 4.74 Å².